The Bertz CT molecular complexity index is 1140. The Balaban J connectivity index is 1.56. The fourth-order valence-corrected chi connectivity index (χ4v) is 5.62. The highest BCUT2D eigenvalue weighted by molar-refractivity contribution is 7.14. The van der Waals surface area contributed by atoms with Gasteiger partial charge in [-0.2, -0.15) is 0 Å². The van der Waals surface area contributed by atoms with E-state index in [4.69, 9.17) is 27.9 Å². The van der Waals surface area contributed by atoms with Crippen molar-refractivity contribution in [1.82, 2.24) is 9.55 Å². The van der Waals surface area contributed by atoms with Crippen LogP contribution in [0.1, 0.15) is 25.0 Å². The number of ether oxygens (including phenoxy) is 1. The van der Waals surface area contributed by atoms with Crippen molar-refractivity contribution in [2.24, 2.45) is 0 Å². The van der Waals surface area contributed by atoms with Crippen LogP contribution in [0.25, 0.3) is 11.3 Å². The molecule has 3 aromatic rings. The smallest absolute Gasteiger partial charge is 0.307 e. The summed E-state index contributed by atoms with van der Waals surface area (Å²) in [5.74, 6) is -0.0869. The first kappa shape index (κ1) is 22.5. The van der Waals surface area contributed by atoms with E-state index in [1.807, 2.05) is 18.4 Å². The number of rotatable bonds is 7. The maximum Gasteiger partial charge on any atom is 0.307 e. The van der Waals surface area contributed by atoms with Gasteiger partial charge < -0.3 is 9.30 Å². The number of halogens is 2. The van der Waals surface area contributed by atoms with Crippen LogP contribution in [0.4, 0.5) is 5.13 Å². The highest BCUT2D eigenvalue weighted by atomic mass is 35.5. The normalized spacial score (nSPS) is 16.0. The van der Waals surface area contributed by atoms with Crippen molar-refractivity contribution in [1.29, 1.82) is 0 Å². The fraction of sp³-hybridized carbons (Fsp3) is 0.381. The van der Waals surface area contributed by atoms with Crippen LogP contribution in [-0.2, 0) is 16.1 Å². The third-order valence-electron chi connectivity index (χ3n) is 5.17. The standard InChI is InChI=1S/C21H21Cl2N3O3S2/c1-13-11-31-21(28)25(13)7-6-19(27)26(10-15-3-2-8-29-15)20-24-18(12-30-20)16-5-4-14(22)9-17(16)23/h4-5,9,11-12,15H,2-3,6-8,10H2,1H3. The number of anilines is 1. The van der Waals surface area contributed by atoms with E-state index in [0.29, 0.717) is 40.6 Å². The zero-order valence-electron chi connectivity index (χ0n) is 16.8. The van der Waals surface area contributed by atoms with Crippen molar-refractivity contribution in [3.8, 4) is 11.3 Å². The quantitative estimate of drug-likeness (QED) is 0.446. The number of amides is 1. The van der Waals surface area contributed by atoms with E-state index in [9.17, 15) is 9.59 Å². The molecule has 31 heavy (non-hydrogen) atoms. The summed E-state index contributed by atoms with van der Waals surface area (Å²) in [4.78, 5) is 31.5. The van der Waals surface area contributed by atoms with Crippen LogP contribution in [0, 0.1) is 6.92 Å². The van der Waals surface area contributed by atoms with Gasteiger partial charge in [0.05, 0.1) is 23.4 Å². The van der Waals surface area contributed by atoms with Gasteiger partial charge in [0.1, 0.15) is 0 Å². The molecule has 4 rings (SSSR count). The van der Waals surface area contributed by atoms with E-state index >= 15 is 0 Å². The molecule has 1 aliphatic rings. The number of benzene rings is 1. The van der Waals surface area contributed by atoms with Gasteiger partial charge in [-0.05, 0) is 38.0 Å². The second-order valence-corrected chi connectivity index (χ2v) is 9.82. The van der Waals surface area contributed by atoms with Gasteiger partial charge in [0.25, 0.3) is 0 Å². The third kappa shape index (κ3) is 5.21. The molecule has 3 heterocycles. The molecule has 1 saturated heterocycles. The van der Waals surface area contributed by atoms with Gasteiger partial charge in [-0.3, -0.25) is 14.5 Å². The second-order valence-electron chi connectivity index (χ2n) is 7.32. The SMILES string of the molecule is Cc1csc(=O)n1CCC(=O)N(CC1CCCO1)c1nc(-c2ccc(Cl)cc2Cl)cs1. The number of carbonyl (C=O) groups excluding carboxylic acids is 1. The van der Waals surface area contributed by atoms with E-state index < -0.39 is 0 Å². The molecule has 0 N–H and O–H groups in total. The van der Waals surface area contributed by atoms with Crippen molar-refractivity contribution in [3.05, 3.63) is 54.4 Å². The van der Waals surface area contributed by atoms with Gasteiger partial charge >= 0.3 is 4.87 Å². The van der Waals surface area contributed by atoms with E-state index in [1.165, 1.54) is 11.3 Å². The van der Waals surface area contributed by atoms with E-state index in [0.717, 1.165) is 35.4 Å². The van der Waals surface area contributed by atoms with Crippen LogP contribution in [0.3, 0.4) is 0 Å². The number of aromatic nitrogens is 2. The molecular weight excluding hydrogens is 477 g/mol. The molecule has 10 heteroatoms. The number of aryl methyl sites for hydroxylation is 1. The second kappa shape index (κ2) is 9.83. The maximum atomic E-state index is 13.2. The van der Waals surface area contributed by atoms with E-state index in [1.54, 1.807) is 27.0 Å². The summed E-state index contributed by atoms with van der Waals surface area (Å²) in [5.41, 5.74) is 2.32. The van der Waals surface area contributed by atoms with Gasteiger partial charge in [-0.15, -0.1) is 11.3 Å². The largest absolute Gasteiger partial charge is 0.376 e. The van der Waals surface area contributed by atoms with Crippen molar-refractivity contribution in [2.45, 2.75) is 38.8 Å². The molecule has 1 aromatic carbocycles. The minimum absolute atomic E-state index is 0.0129. The summed E-state index contributed by atoms with van der Waals surface area (Å²) in [6, 6.07) is 5.26. The van der Waals surface area contributed by atoms with Gasteiger partial charge in [0, 0.05) is 46.6 Å². The van der Waals surface area contributed by atoms with Gasteiger partial charge in [0.2, 0.25) is 5.91 Å². The molecule has 0 aliphatic carbocycles. The molecular formula is C21H21Cl2N3O3S2. The van der Waals surface area contributed by atoms with Crippen LogP contribution in [0.2, 0.25) is 10.0 Å². The monoisotopic (exact) mass is 497 g/mol. The predicted octanol–water partition coefficient (Wildman–Crippen LogP) is 5.25. The van der Waals surface area contributed by atoms with Gasteiger partial charge in [-0.25, -0.2) is 4.98 Å². The molecule has 6 nitrogen and oxygen atoms in total. The Hall–Kier alpha value is -1.71. The van der Waals surface area contributed by atoms with Crippen molar-refractivity contribution >= 4 is 56.9 Å². The fourth-order valence-electron chi connectivity index (χ4n) is 3.50. The molecule has 1 amide bonds. The molecule has 0 spiro atoms. The summed E-state index contributed by atoms with van der Waals surface area (Å²) in [7, 11) is 0. The summed E-state index contributed by atoms with van der Waals surface area (Å²) in [5, 5.41) is 5.34. The molecule has 164 valence electrons. The predicted molar refractivity (Wildman–Crippen MR) is 127 cm³/mol. The highest BCUT2D eigenvalue weighted by Crippen LogP contribution is 2.34. The van der Waals surface area contributed by atoms with Crippen LogP contribution in [0.5, 0.6) is 0 Å². The minimum atomic E-state index is -0.0869. The summed E-state index contributed by atoms with van der Waals surface area (Å²) >= 11 is 14.9. The average Bonchev–Trinajstić information content (AvgIpc) is 3.47. The molecule has 0 radical (unpaired) electrons. The molecule has 0 saturated carbocycles. The zero-order valence-corrected chi connectivity index (χ0v) is 20.0. The van der Waals surface area contributed by atoms with Crippen molar-refractivity contribution < 1.29 is 9.53 Å². The molecule has 0 bridgehead atoms. The van der Waals surface area contributed by atoms with Crippen molar-refractivity contribution in [2.75, 3.05) is 18.1 Å². The van der Waals surface area contributed by atoms with E-state index in [2.05, 4.69) is 4.98 Å². The van der Waals surface area contributed by atoms with E-state index in [-0.39, 0.29) is 23.3 Å². The van der Waals surface area contributed by atoms with Crippen LogP contribution in [0.15, 0.2) is 33.8 Å². The molecule has 1 aliphatic heterocycles. The summed E-state index contributed by atoms with van der Waals surface area (Å²) < 4.78 is 7.39. The van der Waals surface area contributed by atoms with Gasteiger partial charge in [-0.1, -0.05) is 34.5 Å². The number of hydrogen-bond acceptors (Lipinski definition) is 6. The maximum absolute atomic E-state index is 13.2. The lowest BCUT2D eigenvalue weighted by Crippen LogP contribution is -2.38. The van der Waals surface area contributed by atoms with Crippen LogP contribution in [-0.4, -0.2) is 34.7 Å². The third-order valence-corrected chi connectivity index (χ3v) is 7.46. The number of hydrogen-bond donors (Lipinski definition) is 0. The number of thiazole rings is 2. The lowest BCUT2D eigenvalue weighted by molar-refractivity contribution is -0.119. The first-order chi connectivity index (χ1) is 14.9. The lowest BCUT2D eigenvalue weighted by atomic mass is 10.2. The summed E-state index contributed by atoms with van der Waals surface area (Å²) in [6.07, 6.45) is 2.09. The minimum Gasteiger partial charge on any atom is -0.376 e. The van der Waals surface area contributed by atoms with Crippen LogP contribution >= 0.6 is 45.9 Å². The highest BCUT2D eigenvalue weighted by Gasteiger charge is 2.26. The molecule has 2 aromatic heterocycles. The Morgan fingerprint density at radius 2 is 2.16 bits per heavy atom. The lowest BCUT2D eigenvalue weighted by Gasteiger charge is -2.23. The first-order valence-electron chi connectivity index (χ1n) is 9.90. The first-order valence-corrected chi connectivity index (χ1v) is 12.4. The summed E-state index contributed by atoms with van der Waals surface area (Å²) in [6.45, 7) is 3.36. The topological polar surface area (TPSA) is 64.4 Å². The van der Waals surface area contributed by atoms with Gasteiger partial charge in [0.15, 0.2) is 5.13 Å². The zero-order chi connectivity index (χ0) is 22.0. The molecule has 1 unspecified atom stereocenters. The number of nitrogens with zero attached hydrogens (tertiary/aromatic N) is 3. The van der Waals surface area contributed by atoms with Crippen LogP contribution < -0.4 is 9.77 Å². The Labute approximate surface area is 198 Å². The number of carbonyl (C=O) groups is 1. The Morgan fingerprint density at radius 1 is 1.32 bits per heavy atom. The molecule has 1 fully saturated rings. The average molecular weight is 498 g/mol. The Morgan fingerprint density at radius 3 is 2.84 bits per heavy atom. The Kier molecular flexibility index (Phi) is 7.13. The van der Waals surface area contributed by atoms with Crippen molar-refractivity contribution in [3.63, 3.8) is 0 Å². The molecule has 1 atom stereocenters.